The zero-order chi connectivity index (χ0) is 26.9. The smallest absolute Gasteiger partial charge is 0.250 e. The Kier molecular flexibility index (Phi) is 8.77. The molecule has 0 aliphatic heterocycles. The third-order valence-corrected chi connectivity index (χ3v) is 6.96. The number of amides is 1. The van der Waals surface area contributed by atoms with Gasteiger partial charge in [-0.15, -0.1) is 10.2 Å². The Balaban J connectivity index is 1.18. The van der Waals surface area contributed by atoms with Crippen LogP contribution in [0.25, 0.3) is 17.1 Å². The van der Waals surface area contributed by atoms with E-state index in [0.29, 0.717) is 17.6 Å². The Morgan fingerprint density at radius 1 is 0.974 bits per heavy atom. The lowest BCUT2D eigenvalue weighted by Gasteiger charge is -2.10. The molecule has 0 atom stereocenters. The maximum atomic E-state index is 12.5. The second-order valence-corrected chi connectivity index (χ2v) is 10.1. The number of nitrogens with zero attached hydrogens (tertiary/aromatic N) is 5. The van der Waals surface area contributed by atoms with Crippen LogP contribution in [0.2, 0.25) is 0 Å². The Labute approximate surface area is 238 Å². The predicted molar refractivity (Wildman–Crippen MR) is 156 cm³/mol. The van der Waals surface area contributed by atoms with Crippen LogP contribution in [0.1, 0.15) is 11.1 Å². The van der Waals surface area contributed by atoms with Crippen LogP contribution in [-0.2, 0) is 11.4 Å². The van der Waals surface area contributed by atoms with Crippen LogP contribution in [0.4, 0.5) is 0 Å². The van der Waals surface area contributed by atoms with Crippen LogP contribution >= 0.6 is 27.7 Å². The molecule has 1 N–H and O–H groups in total. The van der Waals surface area contributed by atoms with Crippen molar-refractivity contribution in [3.8, 4) is 22.8 Å². The molecule has 5 aromatic rings. The molecule has 0 fully saturated rings. The van der Waals surface area contributed by atoms with Gasteiger partial charge in [0.2, 0.25) is 0 Å². The number of benzene rings is 3. The van der Waals surface area contributed by atoms with E-state index >= 15 is 0 Å². The molecule has 5 rings (SSSR count). The summed E-state index contributed by atoms with van der Waals surface area (Å²) in [5, 5.41) is 13.4. The summed E-state index contributed by atoms with van der Waals surface area (Å²) in [5.74, 6) is 1.26. The number of hydrogen-bond donors (Lipinski definition) is 1. The fraction of sp³-hybridized carbons (Fsp3) is 0.0690. The summed E-state index contributed by atoms with van der Waals surface area (Å²) in [6.07, 6.45) is 5.03. The average Bonchev–Trinajstić information content (AvgIpc) is 3.41. The third kappa shape index (κ3) is 7.18. The van der Waals surface area contributed by atoms with Crippen LogP contribution in [0.5, 0.6) is 5.75 Å². The number of hydrazone groups is 1. The monoisotopic (exact) mass is 598 g/mol. The summed E-state index contributed by atoms with van der Waals surface area (Å²) in [5.41, 5.74) is 6.21. The lowest BCUT2D eigenvalue weighted by atomic mass is 10.2. The maximum absolute atomic E-state index is 12.5. The number of carbonyl (C=O) groups is 1. The van der Waals surface area contributed by atoms with Gasteiger partial charge < -0.3 is 4.74 Å². The molecule has 194 valence electrons. The first-order chi connectivity index (χ1) is 19.2. The summed E-state index contributed by atoms with van der Waals surface area (Å²) >= 11 is 4.75. The quantitative estimate of drug-likeness (QED) is 0.122. The number of carbonyl (C=O) groups excluding carboxylic acids is 1. The molecule has 0 spiro atoms. The highest BCUT2D eigenvalue weighted by molar-refractivity contribution is 9.10. The molecule has 1 amide bonds. The van der Waals surface area contributed by atoms with Crippen LogP contribution in [0.15, 0.2) is 118 Å². The summed E-state index contributed by atoms with van der Waals surface area (Å²) in [4.78, 5) is 16.7. The lowest BCUT2D eigenvalue weighted by molar-refractivity contribution is -0.118. The van der Waals surface area contributed by atoms with Gasteiger partial charge in [0.05, 0.1) is 12.0 Å². The molecule has 0 unspecified atom stereocenters. The van der Waals surface area contributed by atoms with E-state index in [1.807, 2.05) is 95.6 Å². The molecule has 0 aliphatic rings. The first-order valence-electron chi connectivity index (χ1n) is 12.0. The highest BCUT2D eigenvalue weighted by Gasteiger charge is 2.17. The molecule has 8 nitrogen and oxygen atoms in total. The molecule has 3 aromatic carbocycles. The van der Waals surface area contributed by atoms with Crippen molar-refractivity contribution in [1.82, 2.24) is 25.2 Å². The average molecular weight is 600 g/mol. The minimum absolute atomic E-state index is 0.116. The normalized spacial score (nSPS) is 11.0. The largest absolute Gasteiger partial charge is 0.489 e. The topological polar surface area (TPSA) is 94.3 Å². The van der Waals surface area contributed by atoms with Gasteiger partial charge in [0.25, 0.3) is 5.91 Å². The summed E-state index contributed by atoms with van der Waals surface area (Å²) in [6, 6.07) is 29.1. The van der Waals surface area contributed by atoms with Crippen LogP contribution in [-0.4, -0.2) is 37.6 Å². The molecular weight excluding hydrogens is 576 g/mol. The fourth-order valence-corrected chi connectivity index (χ4v) is 4.61. The van der Waals surface area contributed by atoms with Gasteiger partial charge in [0, 0.05) is 28.1 Å². The molecule has 2 heterocycles. The number of nitrogens with one attached hydrogen (secondary N) is 1. The van der Waals surface area contributed by atoms with E-state index in [0.717, 1.165) is 32.6 Å². The van der Waals surface area contributed by atoms with Crippen LogP contribution in [0.3, 0.4) is 0 Å². The number of ether oxygens (including phenoxy) is 1. The van der Waals surface area contributed by atoms with Gasteiger partial charge in [0.1, 0.15) is 12.4 Å². The molecule has 2 aromatic heterocycles. The van der Waals surface area contributed by atoms with Gasteiger partial charge in [-0.3, -0.25) is 14.3 Å². The molecular formula is C29H23BrN6O2S. The van der Waals surface area contributed by atoms with Crippen molar-refractivity contribution in [3.63, 3.8) is 0 Å². The predicted octanol–water partition coefficient (Wildman–Crippen LogP) is 5.91. The lowest BCUT2D eigenvalue weighted by Crippen LogP contribution is -2.20. The Hall–Kier alpha value is -4.28. The van der Waals surface area contributed by atoms with E-state index in [1.54, 1.807) is 18.6 Å². The molecule has 0 saturated carbocycles. The van der Waals surface area contributed by atoms with Crippen molar-refractivity contribution in [2.24, 2.45) is 5.10 Å². The summed E-state index contributed by atoms with van der Waals surface area (Å²) in [6.45, 7) is 0.501. The van der Waals surface area contributed by atoms with Crippen LogP contribution < -0.4 is 10.2 Å². The first-order valence-corrected chi connectivity index (χ1v) is 13.8. The van der Waals surface area contributed by atoms with Crippen molar-refractivity contribution in [2.45, 2.75) is 11.8 Å². The van der Waals surface area contributed by atoms with Crippen molar-refractivity contribution in [1.29, 1.82) is 0 Å². The van der Waals surface area contributed by atoms with E-state index in [9.17, 15) is 4.79 Å². The Morgan fingerprint density at radius 2 is 1.77 bits per heavy atom. The SMILES string of the molecule is O=C(CSc1nnc(-c2cccnc2)n1-c1ccc(Br)cc1)NN=Cc1ccc(OCc2ccccc2)cc1. The Morgan fingerprint density at radius 3 is 2.51 bits per heavy atom. The first kappa shape index (κ1) is 26.3. The third-order valence-electron chi connectivity index (χ3n) is 5.50. The van der Waals surface area contributed by atoms with Gasteiger partial charge in [0.15, 0.2) is 11.0 Å². The minimum Gasteiger partial charge on any atom is -0.489 e. The van der Waals surface area contributed by atoms with E-state index in [1.165, 1.54) is 11.8 Å². The second kappa shape index (κ2) is 13.0. The van der Waals surface area contributed by atoms with Crippen molar-refractivity contribution in [3.05, 3.63) is 119 Å². The minimum atomic E-state index is -0.257. The van der Waals surface area contributed by atoms with Crippen molar-refractivity contribution >= 4 is 39.8 Å². The van der Waals surface area contributed by atoms with Crippen LogP contribution in [0, 0.1) is 0 Å². The molecule has 0 saturated heterocycles. The number of rotatable bonds is 10. The van der Waals surface area contributed by atoms with E-state index in [-0.39, 0.29) is 11.7 Å². The number of aromatic nitrogens is 4. The fourth-order valence-electron chi connectivity index (χ4n) is 3.60. The number of halogens is 1. The molecule has 0 aliphatic carbocycles. The molecule has 0 radical (unpaired) electrons. The zero-order valence-corrected chi connectivity index (χ0v) is 23.0. The highest BCUT2D eigenvalue weighted by atomic mass is 79.9. The number of pyridine rings is 1. The number of thioether (sulfide) groups is 1. The van der Waals surface area contributed by atoms with Gasteiger partial charge in [-0.1, -0.05) is 58.0 Å². The molecule has 39 heavy (non-hydrogen) atoms. The van der Waals surface area contributed by atoms with E-state index < -0.39 is 0 Å². The molecule has 0 bridgehead atoms. The van der Waals surface area contributed by atoms with Crippen molar-refractivity contribution < 1.29 is 9.53 Å². The standard InChI is InChI=1S/C29H23BrN6O2S/c30-24-10-12-25(13-11-24)36-28(23-7-4-16-31-18-23)34-35-29(36)39-20-27(37)33-32-17-21-8-14-26(15-9-21)38-19-22-5-2-1-3-6-22/h1-18H,19-20H2,(H,33,37). The maximum Gasteiger partial charge on any atom is 0.250 e. The second-order valence-electron chi connectivity index (χ2n) is 8.28. The van der Waals surface area contributed by atoms with Gasteiger partial charge in [-0.05, 0) is 71.8 Å². The van der Waals surface area contributed by atoms with E-state index in [2.05, 4.69) is 41.6 Å². The highest BCUT2D eigenvalue weighted by Crippen LogP contribution is 2.28. The van der Waals surface area contributed by atoms with Gasteiger partial charge in [-0.2, -0.15) is 5.10 Å². The van der Waals surface area contributed by atoms with Crippen molar-refractivity contribution in [2.75, 3.05) is 5.75 Å². The summed E-state index contributed by atoms with van der Waals surface area (Å²) in [7, 11) is 0. The van der Waals surface area contributed by atoms with E-state index in [4.69, 9.17) is 4.74 Å². The molecule has 10 heteroatoms. The van der Waals surface area contributed by atoms with Gasteiger partial charge in [-0.25, -0.2) is 5.43 Å². The summed E-state index contributed by atoms with van der Waals surface area (Å²) < 4.78 is 8.68. The Bertz CT molecular complexity index is 1540. The number of hydrogen-bond acceptors (Lipinski definition) is 7. The van der Waals surface area contributed by atoms with Gasteiger partial charge >= 0.3 is 0 Å². The zero-order valence-electron chi connectivity index (χ0n) is 20.6.